The second kappa shape index (κ2) is 13.2. The van der Waals surface area contributed by atoms with Gasteiger partial charge in [-0.3, -0.25) is 9.97 Å². The van der Waals surface area contributed by atoms with Crippen molar-refractivity contribution in [1.29, 1.82) is 0 Å². The maximum absolute atomic E-state index is 13.0. The van der Waals surface area contributed by atoms with E-state index in [9.17, 15) is 17.6 Å². The highest BCUT2D eigenvalue weighted by Gasteiger charge is 2.56. The third kappa shape index (κ3) is 7.17. The summed E-state index contributed by atoms with van der Waals surface area (Å²) in [5, 5.41) is 8.61. The quantitative estimate of drug-likeness (QED) is 0.127. The maximum Gasteiger partial charge on any atom is 0.255 e. The molecule has 6 heterocycles. The first kappa shape index (κ1) is 32.3. The largest absolute Gasteiger partial charge is 0.383 e. The molecular formula is C34H32F4N10. The number of nitrogen functional groups attached to an aromatic ring is 2. The number of halogens is 4. The van der Waals surface area contributed by atoms with Crippen LogP contribution in [0.4, 0.5) is 40.8 Å². The lowest BCUT2D eigenvalue weighted by molar-refractivity contribution is 0.101. The number of pyridine rings is 6. The summed E-state index contributed by atoms with van der Waals surface area (Å²) in [5.41, 5.74) is 17.3. The Bertz CT molecular complexity index is 2110. The number of aryl methyl sites for hydroxylation is 2. The van der Waals surface area contributed by atoms with E-state index in [1.54, 1.807) is 37.1 Å². The lowest BCUT2D eigenvalue weighted by Gasteiger charge is -2.10. The summed E-state index contributed by atoms with van der Waals surface area (Å²) in [6, 6.07) is 11.1. The Labute approximate surface area is 273 Å². The van der Waals surface area contributed by atoms with Crippen LogP contribution < -0.4 is 22.1 Å². The predicted octanol–water partition coefficient (Wildman–Crippen LogP) is 6.91. The van der Waals surface area contributed by atoms with E-state index in [1.807, 2.05) is 44.2 Å². The van der Waals surface area contributed by atoms with Gasteiger partial charge in [0.1, 0.15) is 23.3 Å². The minimum Gasteiger partial charge on any atom is -0.383 e. The molecule has 10 nitrogen and oxygen atoms in total. The van der Waals surface area contributed by atoms with Crippen LogP contribution in [0.1, 0.15) is 17.5 Å². The van der Waals surface area contributed by atoms with Gasteiger partial charge in [0.15, 0.2) is 0 Å². The van der Waals surface area contributed by atoms with Crippen molar-refractivity contribution in [3.8, 4) is 22.5 Å². The molecule has 0 radical (unpaired) electrons. The van der Waals surface area contributed by atoms with Crippen molar-refractivity contribution in [3.63, 3.8) is 0 Å². The highest BCUT2D eigenvalue weighted by molar-refractivity contribution is 5.95. The molecule has 0 amide bonds. The van der Waals surface area contributed by atoms with E-state index in [-0.39, 0.29) is 13.0 Å². The van der Waals surface area contributed by atoms with Crippen LogP contribution >= 0.6 is 0 Å². The Balaban J connectivity index is 0.000000168. The first-order valence-corrected chi connectivity index (χ1v) is 15.1. The minimum absolute atomic E-state index is 0.0606. The van der Waals surface area contributed by atoms with Gasteiger partial charge in [-0.25, -0.2) is 37.5 Å². The average molecular weight is 657 g/mol. The van der Waals surface area contributed by atoms with Crippen LogP contribution in [0, 0.1) is 19.8 Å². The molecule has 7 rings (SSSR count). The van der Waals surface area contributed by atoms with Gasteiger partial charge in [-0.05, 0) is 72.1 Å². The molecule has 0 saturated heterocycles. The third-order valence-electron chi connectivity index (χ3n) is 8.04. The van der Waals surface area contributed by atoms with Gasteiger partial charge in [0.25, 0.3) is 12.3 Å². The summed E-state index contributed by atoms with van der Waals surface area (Å²) in [7, 11) is 0. The van der Waals surface area contributed by atoms with Crippen LogP contribution in [-0.4, -0.2) is 55.3 Å². The zero-order valence-corrected chi connectivity index (χ0v) is 26.1. The number of hydrogen-bond acceptors (Lipinski definition) is 10. The molecule has 1 unspecified atom stereocenters. The Morgan fingerprint density at radius 1 is 0.771 bits per heavy atom. The van der Waals surface area contributed by atoms with Gasteiger partial charge >= 0.3 is 0 Å². The van der Waals surface area contributed by atoms with E-state index in [4.69, 9.17) is 11.5 Å². The van der Waals surface area contributed by atoms with E-state index in [0.29, 0.717) is 34.4 Å². The third-order valence-corrected chi connectivity index (χ3v) is 8.04. The fourth-order valence-corrected chi connectivity index (χ4v) is 5.18. The summed E-state index contributed by atoms with van der Waals surface area (Å²) < 4.78 is 50.6. The number of aromatic nitrogens is 6. The number of nitrogens with two attached hydrogens (primary N) is 2. The summed E-state index contributed by atoms with van der Waals surface area (Å²) in [4.78, 5) is 25.4. The molecule has 6 aromatic heterocycles. The lowest BCUT2D eigenvalue weighted by atomic mass is 10.1. The number of nitrogens with one attached hydrogen (secondary N) is 2. The van der Waals surface area contributed by atoms with Crippen LogP contribution in [0.3, 0.4) is 0 Å². The Kier molecular flexibility index (Phi) is 8.89. The van der Waals surface area contributed by atoms with Crippen molar-refractivity contribution in [2.24, 2.45) is 5.92 Å². The second-order valence-corrected chi connectivity index (χ2v) is 11.6. The Morgan fingerprint density at radius 2 is 1.25 bits per heavy atom. The van der Waals surface area contributed by atoms with Crippen molar-refractivity contribution in [1.82, 2.24) is 29.9 Å². The zero-order valence-electron chi connectivity index (χ0n) is 26.1. The standard InChI is InChI=1S/C18H17F2N5.C16H15F2N5/c1-10-2-3-22-8-13(10)15-4-11-5-16(23-7-12-6-18(12,19)20)24-9-14(11)17(21)25-15;1-9-2-3-20-6-11(9)13-4-10-5-15(22-8-14(17)18)21-7-12(10)16(19)23-13/h2-5,8-9,12H,6-7H2,1H3,(H2,21,25)(H,23,24);2-7,14H,8H2,1H3,(H2,19,23)(H,21,22). The summed E-state index contributed by atoms with van der Waals surface area (Å²) >= 11 is 0. The number of fused-ring (bicyclic) bond motifs is 2. The van der Waals surface area contributed by atoms with Crippen molar-refractivity contribution < 1.29 is 17.6 Å². The Morgan fingerprint density at radius 3 is 1.69 bits per heavy atom. The van der Waals surface area contributed by atoms with E-state index >= 15 is 0 Å². The second-order valence-electron chi connectivity index (χ2n) is 11.6. The SMILES string of the molecule is Cc1ccncc1-c1cc2cc(NCC(F)F)ncc2c(N)n1.Cc1ccncc1-c1cc2cc(NCC3CC3(F)F)ncc2c(N)n1. The molecule has 1 fully saturated rings. The number of anilines is 4. The van der Waals surface area contributed by atoms with Gasteiger partial charge in [-0.15, -0.1) is 0 Å². The molecule has 0 bridgehead atoms. The minimum atomic E-state index is -2.54. The molecule has 0 aliphatic heterocycles. The van der Waals surface area contributed by atoms with E-state index < -0.39 is 24.8 Å². The fraction of sp³-hybridized carbons (Fsp3) is 0.235. The van der Waals surface area contributed by atoms with Gasteiger partial charge in [0, 0.05) is 78.0 Å². The molecule has 1 aliphatic rings. The molecule has 1 atom stereocenters. The summed E-state index contributed by atoms with van der Waals surface area (Å²) in [6.07, 6.45) is 7.55. The molecule has 48 heavy (non-hydrogen) atoms. The van der Waals surface area contributed by atoms with Crippen molar-refractivity contribution in [3.05, 3.63) is 84.7 Å². The predicted molar refractivity (Wildman–Crippen MR) is 180 cm³/mol. The molecule has 6 aromatic rings. The van der Waals surface area contributed by atoms with Gasteiger partial charge in [0.05, 0.1) is 17.9 Å². The van der Waals surface area contributed by atoms with E-state index in [1.165, 1.54) is 6.20 Å². The highest BCUT2D eigenvalue weighted by atomic mass is 19.3. The molecule has 1 saturated carbocycles. The van der Waals surface area contributed by atoms with E-state index in [0.717, 1.165) is 44.1 Å². The molecule has 6 N–H and O–H groups in total. The van der Waals surface area contributed by atoms with Gasteiger partial charge in [-0.2, -0.15) is 0 Å². The molecule has 0 aromatic carbocycles. The van der Waals surface area contributed by atoms with Crippen LogP contribution in [0.2, 0.25) is 0 Å². The number of nitrogens with zero attached hydrogens (tertiary/aromatic N) is 6. The molecular weight excluding hydrogens is 624 g/mol. The molecule has 1 aliphatic carbocycles. The molecule has 14 heteroatoms. The monoisotopic (exact) mass is 656 g/mol. The molecule has 0 spiro atoms. The average Bonchev–Trinajstić information content (AvgIpc) is 3.68. The van der Waals surface area contributed by atoms with Crippen LogP contribution in [-0.2, 0) is 0 Å². The van der Waals surface area contributed by atoms with Crippen molar-refractivity contribution in [2.45, 2.75) is 32.6 Å². The maximum atomic E-state index is 13.0. The number of hydrogen-bond donors (Lipinski definition) is 4. The van der Waals surface area contributed by atoms with Crippen molar-refractivity contribution >= 4 is 44.8 Å². The topological polar surface area (TPSA) is 153 Å². The normalized spacial score (nSPS) is 14.9. The van der Waals surface area contributed by atoms with Crippen LogP contribution in [0.15, 0.2) is 73.6 Å². The van der Waals surface area contributed by atoms with Crippen molar-refractivity contribution in [2.75, 3.05) is 35.2 Å². The Hall–Kier alpha value is -5.66. The smallest absolute Gasteiger partial charge is 0.255 e. The molecule has 246 valence electrons. The first-order chi connectivity index (χ1) is 23.0. The lowest BCUT2D eigenvalue weighted by Crippen LogP contribution is -2.11. The van der Waals surface area contributed by atoms with Gasteiger partial charge < -0.3 is 22.1 Å². The van der Waals surface area contributed by atoms with Crippen LogP contribution in [0.25, 0.3) is 44.1 Å². The van der Waals surface area contributed by atoms with Crippen LogP contribution in [0.5, 0.6) is 0 Å². The highest BCUT2D eigenvalue weighted by Crippen LogP contribution is 2.48. The summed E-state index contributed by atoms with van der Waals surface area (Å²) in [6.45, 7) is 3.70. The summed E-state index contributed by atoms with van der Waals surface area (Å²) in [5.74, 6) is -1.51. The van der Waals surface area contributed by atoms with E-state index in [2.05, 4.69) is 40.5 Å². The zero-order chi connectivity index (χ0) is 34.0. The van der Waals surface area contributed by atoms with Gasteiger partial charge in [-0.1, -0.05) is 0 Å². The first-order valence-electron chi connectivity index (χ1n) is 15.1. The number of alkyl halides is 4. The van der Waals surface area contributed by atoms with Gasteiger partial charge in [0.2, 0.25) is 0 Å². The number of rotatable bonds is 8. The fourth-order valence-electron chi connectivity index (χ4n) is 5.18.